The highest BCUT2D eigenvalue weighted by Gasteiger charge is 2.62. The monoisotopic (exact) mass is 661 g/mol. The van der Waals surface area contributed by atoms with Crippen LogP contribution in [0.4, 0.5) is 4.79 Å². The first-order valence-electron chi connectivity index (χ1n) is 17.8. The predicted molar refractivity (Wildman–Crippen MR) is 182 cm³/mol. The molecule has 2 saturated carbocycles. The quantitative estimate of drug-likeness (QED) is 0.213. The fourth-order valence-corrected chi connectivity index (χ4v) is 8.00. The van der Waals surface area contributed by atoms with E-state index < -0.39 is 47.2 Å². The molecule has 5 amide bonds. The van der Waals surface area contributed by atoms with E-state index in [1.54, 1.807) is 4.90 Å². The van der Waals surface area contributed by atoms with Crippen molar-refractivity contribution < 1.29 is 28.7 Å². The van der Waals surface area contributed by atoms with Crippen LogP contribution < -0.4 is 21.7 Å². The van der Waals surface area contributed by atoms with Crippen molar-refractivity contribution in [2.45, 2.75) is 157 Å². The molecule has 1 heterocycles. The summed E-state index contributed by atoms with van der Waals surface area (Å²) in [5.41, 5.74) is 3.95. The molecule has 0 spiro atoms. The molecule has 3 fully saturated rings. The fraction of sp³-hybridized carbons (Fsp3) is 0.861. The Bertz CT molecular complexity index is 1170. The van der Waals surface area contributed by atoms with Crippen LogP contribution in [0.15, 0.2) is 0 Å². The van der Waals surface area contributed by atoms with Gasteiger partial charge < -0.3 is 31.3 Å². The molecule has 6 atom stereocenters. The number of nitrogens with one attached hydrogen (secondary N) is 3. The molecule has 0 aromatic carbocycles. The summed E-state index contributed by atoms with van der Waals surface area (Å²) in [5.74, 6) is -2.64. The molecule has 268 valence electrons. The normalized spacial score (nSPS) is 25.4. The number of hydrogen-bond donors (Lipinski definition) is 4. The third kappa shape index (κ3) is 9.48. The van der Waals surface area contributed by atoms with Crippen molar-refractivity contribution in [2.75, 3.05) is 13.2 Å². The van der Waals surface area contributed by atoms with Crippen molar-refractivity contribution in [3.8, 4) is 0 Å². The largest absolute Gasteiger partial charge is 0.374 e. The molecule has 4 unspecified atom stereocenters. The number of carbonyl (C=O) groups is 5. The fourth-order valence-electron chi connectivity index (χ4n) is 8.00. The lowest BCUT2D eigenvalue weighted by atomic mass is 9.55. The average Bonchev–Trinajstić information content (AvgIpc) is 3.29. The Hall–Kier alpha value is -2.69. The van der Waals surface area contributed by atoms with Gasteiger partial charge in [-0.05, 0) is 74.5 Å². The number of unbranched alkanes of at least 4 members (excludes halogenated alkanes) is 1. The number of likely N-dealkylation sites (tertiary alicyclic amines) is 1. The molecule has 3 rings (SSSR count). The minimum Gasteiger partial charge on any atom is -0.374 e. The van der Waals surface area contributed by atoms with E-state index in [0.29, 0.717) is 26.0 Å². The predicted octanol–water partition coefficient (Wildman–Crippen LogP) is 4.46. The maximum atomic E-state index is 14.8. The highest BCUT2D eigenvalue weighted by Crippen LogP contribution is 2.57. The maximum Gasteiger partial charge on any atom is 0.315 e. The van der Waals surface area contributed by atoms with E-state index in [9.17, 15) is 24.0 Å². The lowest BCUT2D eigenvalue weighted by Gasteiger charge is -2.49. The average molecular weight is 662 g/mol. The lowest BCUT2D eigenvalue weighted by Crippen LogP contribution is -2.63. The van der Waals surface area contributed by atoms with Gasteiger partial charge >= 0.3 is 6.03 Å². The molecule has 3 aliphatic rings. The summed E-state index contributed by atoms with van der Waals surface area (Å²) in [5, 5.41) is 9.02. The van der Waals surface area contributed by atoms with Gasteiger partial charge in [0.2, 0.25) is 17.6 Å². The minimum atomic E-state index is -1.09. The molecule has 1 saturated heterocycles. The van der Waals surface area contributed by atoms with E-state index in [2.05, 4.69) is 36.7 Å². The standard InChI is InChI=1S/C36H63N5O6/c1-11-12-16-23(27(42)29(37)43)38-30(44)26-25-22(19-35(25,8)9)20-41(26)31(45)28(36(10)17-14-13-15-18-36)40-32(46)39-24(33(2,3)4)21-47-34(5,6)7/h22-26,28H,11-21H2,1-10H3,(H2,37,43)(H,38,44)(H2,39,40,46)/t22?,23?,24?,25-,26?,28+/m0/s1. The van der Waals surface area contributed by atoms with Gasteiger partial charge in [0.25, 0.3) is 5.91 Å². The van der Waals surface area contributed by atoms with Crippen LogP contribution in [0.3, 0.4) is 0 Å². The summed E-state index contributed by atoms with van der Waals surface area (Å²) in [6.45, 7) is 21.0. The first-order chi connectivity index (χ1) is 21.6. The number of nitrogens with two attached hydrogens (primary N) is 1. The van der Waals surface area contributed by atoms with Crippen molar-refractivity contribution in [1.82, 2.24) is 20.9 Å². The van der Waals surface area contributed by atoms with Crippen LogP contribution in [-0.4, -0.2) is 77.4 Å². The summed E-state index contributed by atoms with van der Waals surface area (Å²) < 4.78 is 6.05. The van der Waals surface area contributed by atoms with E-state index in [1.807, 2.05) is 48.5 Å². The van der Waals surface area contributed by atoms with E-state index in [-0.39, 0.29) is 40.2 Å². The SMILES string of the molecule is CCCCC(NC(=O)C1[C@@H]2C(CN1C(=O)[C@@H](NC(=O)NC(COC(C)(C)C)C(C)(C)C)C1(C)CCCCC1)CC2(C)C)C(=O)C(N)=O. The molecule has 5 N–H and O–H groups in total. The number of primary amides is 1. The third-order valence-corrected chi connectivity index (χ3v) is 10.8. The number of amides is 5. The van der Waals surface area contributed by atoms with Gasteiger partial charge in [0.05, 0.1) is 24.3 Å². The van der Waals surface area contributed by atoms with Crippen LogP contribution in [0.5, 0.6) is 0 Å². The number of urea groups is 1. The molecule has 0 radical (unpaired) electrons. The number of ketones is 1. The molecule has 2 aliphatic carbocycles. The zero-order valence-corrected chi connectivity index (χ0v) is 30.7. The van der Waals surface area contributed by atoms with Crippen LogP contribution in [-0.2, 0) is 23.9 Å². The second kappa shape index (κ2) is 14.8. The van der Waals surface area contributed by atoms with Gasteiger partial charge in [-0.15, -0.1) is 0 Å². The highest BCUT2D eigenvalue weighted by molar-refractivity contribution is 6.37. The smallest absolute Gasteiger partial charge is 0.315 e. The van der Waals surface area contributed by atoms with Crippen molar-refractivity contribution in [2.24, 2.45) is 33.8 Å². The Morgan fingerprint density at radius 1 is 0.936 bits per heavy atom. The third-order valence-electron chi connectivity index (χ3n) is 10.8. The maximum absolute atomic E-state index is 14.8. The number of fused-ring (bicyclic) bond motifs is 1. The molecule has 1 aliphatic heterocycles. The highest BCUT2D eigenvalue weighted by atomic mass is 16.5. The van der Waals surface area contributed by atoms with Gasteiger partial charge in [-0.25, -0.2) is 4.79 Å². The summed E-state index contributed by atoms with van der Waals surface area (Å²) >= 11 is 0. The summed E-state index contributed by atoms with van der Waals surface area (Å²) in [6.07, 6.45) is 7.07. The zero-order valence-electron chi connectivity index (χ0n) is 30.7. The zero-order chi connectivity index (χ0) is 35.5. The first kappa shape index (κ1) is 38.8. The molecule has 11 nitrogen and oxygen atoms in total. The number of rotatable bonds is 13. The Labute approximate surface area is 282 Å². The van der Waals surface area contributed by atoms with E-state index in [0.717, 1.165) is 44.9 Å². The number of carbonyl (C=O) groups excluding carboxylic acids is 5. The Morgan fingerprint density at radius 3 is 2.06 bits per heavy atom. The van der Waals surface area contributed by atoms with Crippen molar-refractivity contribution >= 4 is 29.5 Å². The van der Waals surface area contributed by atoms with Crippen LogP contribution in [0.25, 0.3) is 0 Å². The summed E-state index contributed by atoms with van der Waals surface area (Å²) in [7, 11) is 0. The van der Waals surface area contributed by atoms with Gasteiger partial charge in [-0.3, -0.25) is 19.2 Å². The van der Waals surface area contributed by atoms with Gasteiger partial charge in [0.15, 0.2) is 0 Å². The van der Waals surface area contributed by atoms with Crippen LogP contribution >= 0.6 is 0 Å². The van der Waals surface area contributed by atoms with Gasteiger partial charge in [0, 0.05) is 6.54 Å². The van der Waals surface area contributed by atoms with Gasteiger partial charge in [0.1, 0.15) is 12.1 Å². The van der Waals surface area contributed by atoms with Gasteiger partial charge in [-0.2, -0.15) is 0 Å². The topological polar surface area (TPSA) is 160 Å². The second-order valence-corrected chi connectivity index (χ2v) is 17.5. The Kier molecular flexibility index (Phi) is 12.2. The molecule has 0 bridgehead atoms. The van der Waals surface area contributed by atoms with Crippen molar-refractivity contribution in [3.63, 3.8) is 0 Å². The molecule has 0 aromatic heterocycles. The lowest BCUT2D eigenvalue weighted by molar-refractivity contribution is -0.146. The molecule has 47 heavy (non-hydrogen) atoms. The molecule has 0 aromatic rings. The minimum absolute atomic E-state index is 0.115. The molecule has 11 heteroatoms. The number of ether oxygens (including phenoxy) is 1. The molecular formula is C36H63N5O6. The van der Waals surface area contributed by atoms with Crippen molar-refractivity contribution in [3.05, 3.63) is 0 Å². The Morgan fingerprint density at radius 2 is 1.55 bits per heavy atom. The molecular weight excluding hydrogens is 598 g/mol. The number of Topliss-reactive ketones (excluding diaryl/α,β-unsaturated/α-hetero) is 1. The van der Waals surface area contributed by atoms with Crippen molar-refractivity contribution in [1.29, 1.82) is 0 Å². The van der Waals surface area contributed by atoms with E-state index >= 15 is 0 Å². The van der Waals surface area contributed by atoms with Crippen LogP contribution in [0.2, 0.25) is 0 Å². The number of nitrogens with zero attached hydrogens (tertiary/aromatic N) is 1. The van der Waals surface area contributed by atoms with E-state index in [1.165, 1.54) is 0 Å². The first-order valence-corrected chi connectivity index (χ1v) is 17.8. The van der Waals surface area contributed by atoms with E-state index in [4.69, 9.17) is 10.5 Å². The van der Waals surface area contributed by atoms with Crippen LogP contribution in [0.1, 0.15) is 127 Å². The number of hydrogen-bond acceptors (Lipinski definition) is 6. The second-order valence-electron chi connectivity index (χ2n) is 17.5. The van der Waals surface area contributed by atoms with Gasteiger partial charge in [-0.1, -0.05) is 80.6 Å². The summed E-state index contributed by atoms with van der Waals surface area (Å²) in [6, 6.07) is -3.49. The Balaban J connectivity index is 1.93. The van der Waals surface area contributed by atoms with Crippen LogP contribution in [0, 0.1) is 28.1 Å². The summed E-state index contributed by atoms with van der Waals surface area (Å²) in [4.78, 5) is 68.9.